The Labute approximate surface area is 154 Å². The van der Waals surface area contributed by atoms with Crippen LogP contribution in [-0.2, 0) is 4.79 Å². The summed E-state index contributed by atoms with van der Waals surface area (Å²) in [4.78, 5) is 31.4. The number of likely N-dealkylation sites (tertiary alicyclic amines) is 1. The molecule has 0 aromatic carbocycles. The predicted molar refractivity (Wildman–Crippen MR) is 101 cm³/mol. The molecular formula is C19H29N3O2S. The monoisotopic (exact) mass is 363 g/mol. The number of carbonyl (C=O) groups excluding carboxylic acids is 2. The van der Waals surface area contributed by atoms with E-state index in [-0.39, 0.29) is 11.8 Å². The maximum absolute atomic E-state index is 12.7. The molecule has 0 aliphatic carbocycles. The number of rotatable bonds is 3. The molecule has 138 valence electrons. The predicted octanol–water partition coefficient (Wildman–Crippen LogP) is 2.69. The van der Waals surface area contributed by atoms with E-state index in [1.807, 2.05) is 21.7 Å². The minimum Gasteiger partial charge on any atom is -0.342 e. The van der Waals surface area contributed by atoms with Gasteiger partial charge in [0.1, 0.15) is 0 Å². The van der Waals surface area contributed by atoms with Crippen molar-refractivity contribution in [3.05, 3.63) is 22.4 Å². The SMILES string of the molecule is O=C(CN1CCCN(C(=O)c2ccsc2)CC1)N1CCCCCCC1. The minimum atomic E-state index is 0.123. The lowest BCUT2D eigenvalue weighted by molar-refractivity contribution is -0.132. The van der Waals surface area contributed by atoms with Crippen LogP contribution in [0.3, 0.4) is 0 Å². The van der Waals surface area contributed by atoms with E-state index in [1.54, 1.807) is 11.3 Å². The molecule has 3 heterocycles. The van der Waals surface area contributed by atoms with Crippen molar-refractivity contribution in [1.29, 1.82) is 0 Å². The summed E-state index contributed by atoms with van der Waals surface area (Å²) in [7, 11) is 0. The molecular weight excluding hydrogens is 334 g/mol. The third kappa shape index (κ3) is 5.28. The third-order valence-electron chi connectivity index (χ3n) is 5.21. The largest absolute Gasteiger partial charge is 0.342 e. The van der Waals surface area contributed by atoms with Gasteiger partial charge in [-0.3, -0.25) is 14.5 Å². The van der Waals surface area contributed by atoms with E-state index in [2.05, 4.69) is 9.80 Å². The summed E-state index contributed by atoms with van der Waals surface area (Å²) >= 11 is 1.56. The lowest BCUT2D eigenvalue weighted by atomic mass is 10.1. The van der Waals surface area contributed by atoms with Crippen molar-refractivity contribution in [3.8, 4) is 0 Å². The van der Waals surface area contributed by atoms with Crippen molar-refractivity contribution in [2.45, 2.75) is 38.5 Å². The van der Waals surface area contributed by atoms with Crippen LogP contribution in [0.15, 0.2) is 16.8 Å². The average Bonchev–Trinajstić information content (AvgIpc) is 3.01. The molecule has 2 aliphatic rings. The molecule has 2 saturated heterocycles. The van der Waals surface area contributed by atoms with Crippen molar-refractivity contribution >= 4 is 23.2 Å². The van der Waals surface area contributed by atoms with Crippen molar-refractivity contribution < 1.29 is 9.59 Å². The van der Waals surface area contributed by atoms with E-state index in [0.717, 1.165) is 57.5 Å². The first kappa shape index (κ1) is 18.4. The highest BCUT2D eigenvalue weighted by atomic mass is 32.1. The molecule has 25 heavy (non-hydrogen) atoms. The Kier molecular flexibility index (Phi) is 6.87. The van der Waals surface area contributed by atoms with Crippen LogP contribution >= 0.6 is 11.3 Å². The molecule has 2 aliphatic heterocycles. The quantitative estimate of drug-likeness (QED) is 0.829. The van der Waals surface area contributed by atoms with Crippen molar-refractivity contribution in [2.75, 3.05) is 45.8 Å². The van der Waals surface area contributed by atoms with Crippen LogP contribution in [0.25, 0.3) is 0 Å². The van der Waals surface area contributed by atoms with E-state index >= 15 is 0 Å². The molecule has 0 saturated carbocycles. The number of thiophene rings is 1. The highest BCUT2D eigenvalue weighted by Gasteiger charge is 2.23. The van der Waals surface area contributed by atoms with E-state index < -0.39 is 0 Å². The van der Waals surface area contributed by atoms with Crippen LogP contribution in [0.4, 0.5) is 0 Å². The molecule has 0 atom stereocenters. The fraction of sp³-hybridized carbons (Fsp3) is 0.684. The van der Waals surface area contributed by atoms with Gasteiger partial charge in [0, 0.05) is 44.6 Å². The molecule has 2 amide bonds. The summed E-state index contributed by atoms with van der Waals surface area (Å²) < 4.78 is 0. The molecule has 0 N–H and O–H groups in total. The van der Waals surface area contributed by atoms with E-state index in [1.165, 1.54) is 19.3 Å². The Morgan fingerprint density at radius 1 is 0.840 bits per heavy atom. The Bertz CT molecular complexity index is 553. The van der Waals surface area contributed by atoms with E-state index in [0.29, 0.717) is 13.1 Å². The number of amides is 2. The summed E-state index contributed by atoms with van der Waals surface area (Å²) in [5, 5.41) is 3.86. The van der Waals surface area contributed by atoms with Crippen LogP contribution < -0.4 is 0 Å². The third-order valence-corrected chi connectivity index (χ3v) is 5.89. The van der Waals surface area contributed by atoms with Crippen LogP contribution in [0.5, 0.6) is 0 Å². The van der Waals surface area contributed by atoms with Crippen LogP contribution in [0, 0.1) is 0 Å². The van der Waals surface area contributed by atoms with Gasteiger partial charge in [0.25, 0.3) is 5.91 Å². The Balaban J connectivity index is 1.49. The normalized spacial score (nSPS) is 20.6. The number of carbonyl (C=O) groups is 2. The second kappa shape index (κ2) is 9.34. The zero-order valence-electron chi connectivity index (χ0n) is 15.0. The fourth-order valence-corrected chi connectivity index (χ4v) is 4.32. The van der Waals surface area contributed by atoms with Gasteiger partial charge in [-0.2, -0.15) is 11.3 Å². The van der Waals surface area contributed by atoms with Gasteiger partial charge in [-0.25, -0.2) is 0 Å². The summed E-state index contributed by atoms with van der Waals surface area (Å²) in [6.07, 6.45) is 6.99. The lowest BCUT2D eigenvalue weighted by Gasteiger charge is -2.28. The maximum Gasteiger partial charge on any atom is 0.254 e. The molecule has 0 radical (unpaired) electrons. The Hall–Kier alpha value is -1.40. The summed E-state index contributed by atoms with van der Waals surface area (Å²) in [6.45, 7) is 5.50. The standard InChI is InChI=1S/C19H29N3O2S/c23-18(21-9-4-2-1-3-5-10-21)15-20-8-6-11-22(13-12-20)19(24)17-7-14-25-16-17/h7,14,16H,1-6,8-13,15H2. The maximum atomic E-state index is 12.7. The Morgan fingerprint density at radius 3 is 2.28 bits per heavy atom. The van der Waals surface area contributed by atoms with Gasteiger partial charge in [-0.05, 0) is 30.7 Å². The molecule has 0 spiro atoms. The second-order valence-corrected chi connectivity index (χ2v) is 7.86. The van der Waals surface area contributed by atoms with Gasteiger partial charge >= 0.3 is 0 Å². The van der Waals surface area contributed by atoms with Crippen molar-refractivity contribution in [2.24, 2.45) is 0 Å². The van der Waals surface area contributed by atoms with Crippen LogP contribution in [0.1, 0.15) is 48.9 Å². The highest BCUT2D eigenvalue weighted by molar-refractivity contribution is 7.08. The topological polar surface area (TPSA) is 43.9 Å². The summed E-state index contributed by atoms with van der Waals surface area (Å²) in [6, 6.07) is 1.89. The molecule has 1 aromatic heterocycles. The van der Waals surface area contributed by atoms with Crippen molar-refractivity contribution in [3.63, 3.8) is 0 Å². The minimum absolute atomic E-state index is 0.123. The first-order chi connectivity index (χ1) is 12.2. The average molecular weight is 364 g/mol. The molecule has 1 aromatic rings. The van der Waals surface area contributed by atoms with Gasteiger partial charge < -0.3 is 9.80 Å². The molecule has 3 rings (SSSR count). The van der Waals surface area contributed by atoms with Crippen LogP contribution in [-0.4, -0.2) is 72.3 Å². The fourth-order valence-electron chi connectivity index (χ4n) is 3.69. The molecule has 2 fully saturated rings. The lowest BCUT2D eigenvalue weighted by Crippen LogP contribution is -2.43. The number of hydrogen-bond acceptors (Lipinski definition) is 4. The van der Waals surface area contributed by atoms with Gasteiger partial charge in [0.15, 0.2) is 0 Å². The first-order valence-electron chi connectivity index (χ1n) is 9.55. The summed E-state index contributed by atoms with van der Waals surface area (Å²) in [5.74, 6) is 0.387. The van der Waals surface area contributed by atoms with Crippen molar-refractivity contribution in [1.82, 2.24) is 14.7 Å². The van der Waals surface area contributed by atoms with Gasteiger partial charge in [-0.1, -0.05) is 19.3 Å². The Morgan fingerprint density at radius 2 is 1.56 bits per heavy atom. The van der Waals surface area contributed by atoms with E-state index in [4.69, 9.17) is 0 Å². The zero-order chi connectivity index (χ0) is 17.5. The van der Waals surface area contributed by atoms with Crippen LogP contribution in [0.2, 0.25) is 0 Å². The van der Waals surface area contributed by atoms with Gasteiger partial charge in [-0.15, -0.1) is 0 Å². The molecule has 6 heteroatoms. The number of hydrogen-bond donors (Lipinski definition) is 0. The molecule has 0 unspecified atom stereocenters. The zero-order valence-corrected chi connectivity index (χ0v) is 15.8. The van der Waals surface area contributed by atoms with Gasteiger partial charge in [0.2, 0.25) is 5.91 Å². The second-order valence-electron chi connectivity index (χ2n) is 7.08. The smallest absolute Gasteiger partial charge is 0.254 e. The highest BCUT2D eigenvalue weighted by Crippen LogP contribution is 2.14. The molecule has 5 nitrogen and oxygen atoms in total. The first-order valence-corrected chi connectivity index (χ1v) is 10.5. The summed E-state index contributed by atoms with van der Waals surface area (Å²) in [5.41, 5.74) is 0.787. The molecule has 0 bridgehead atoms. The number of nitrogens with zero attached hydrogens (tertiary/aromatic N) is 3. The van der Waals surface area contributed by atoms with E-state index in [9.17, 15) is 9.59 Å². The van der Waals surface area contributed by atoms with Gasteiger partial charge in [0.05, 0.1) is 12.1 Å².